The number of hydrogen-bond acceptors (Lipinski definition) is 7. The topological polar surface area (TPSA) is 116 Å². The Morgan fingerprint density at radius 1 is 1.00 bits per heavy atom. The molecule has 0 unspecified atom stereocenters. The summed E-state index contributed by atoms with van der Waals surface area (Å²) in [6.45, 7) is 1.66. The molecule has 0 bridgehead atoms. The predicted molar refractivity (Wildman–Crippen MR) is 85.1 cm³/mol. The van der Waals surface area contributed by atoms with Gasteiger partial charge in [0.05, 0.1) is 0 Å². The van der Waals surface area contributed by atoms with Crippen molar-refractivity contribution in [1.82, 2.24) is 0 Å². The van der Waals surface area contributed by atoms with Crippen LogP contribution in [0.15, 0.2) is 36.9 Å². The second-order valence-electron chi connectivity index (χ2n) is 5.41. The van der Waals surface area contributed by atoms with Gasteiger partial charge in [0.25, 0.3) is 10.1 Å². The van der Waals surface area contributed by atoms with E-state index in [1.807, 2.05) is 0 Å². The Bertz CT molecular complexity index is 875. The van der Waals surface area contributed by atoms with E-state index >= 15 is 0 Å². The fourth-order valence-electron chi connectivity index (χ4n) is 1.85. The fraction of sp³-hybridized carbons (Fsp3) is 0.333. The minimum Gasteiger partial charge on any atom is -0.482 e. The van der Waals surface area contributed by atoms with E-state index in [9.17, 15) is 44.3 Å². The van der Waals surface area contributed by atoms with Crippen LogP contribution < -0.4 is 9.47 Å². The van der Waals surface area contributed by atoms with Crippen molar-refractivity contribution >= 4 is 22.1 Å². The van der Waals surface area contributed by atoms with Crippen LogP contribution >= 0.6 is 0 Å². The monoisotopic (exact) mass is 466 g/mol. The molecule has 0 heterocycles. The summed E-state index contributed by atoms with van der Waals surface area (Å²) in [6, 6.07) is 4.35. The Morgan fingerprint density at radius 2 is 1.47 bits per heavy atom. The average Bonchev–Trinajstić information content (AvgIpc) is 2.57. The summed E-state index contributed by atoms with van der Waals surface area (Å²) in [7, 11) is -5.88. The zero-order valence-electron chi connectivity index (χ0n) is 14.5. The summed E-state index contributed by atoms with van der Waals surface area (Å²) in [5.74, 6) is -6.31. The van der Waals surface area contributed by atoms with E-state index in [-0.39, 0.29) is 11.5 Å². The highest BCUT2D eigenvalue weighted by Gasteiger charge is 2.75. The highest BCUT2D eigenvalue weighted by Crippen LogP contribution is 2.46. The maximum absolute atomic E-state index is 13.0. The van der Waals surface area contributed by atoms with Crippen molar-refractivity contribution in [2.75, 3.05) is 12.4 Å². The number of benzene rings is 1. The first-order chi connectivity index (χ1) is 13.5. The number of rotatable bonds is 8. The van der Waals surface area contributed by atoms with Crippen LogP contribution in [0.5, 0.6) is 11.5 Å². The molecule has 0 aliphatic heterocycles. The molecule has 0 aromatic heterocycles. The molecule has 0 fully saturated rings. The second-order valence-corrected chi connectivity index (χ2v) is 6.86. The number of carbonyl (C=O) groups excluding carboxylic acids is 2. The molecule has 1 aromatic carbocycles. The van der Waals surface area contributed by atoms with Crippen molar-refractivity contribution < 1.29 is 63.1 Å². The lowest BCUT2D eigenvalue weighted by atomic mass is 10.1. The van der Waals surface area contributed by atoms with Crippen molar-refractivity contribution in [3.63, 3.8) is 0 Å². The molecule has 0 saturated heterocycles. The van der Waals surface area contributed by atoms with Gasteiger partial charge in [-0.25, -0.2) is 9.59 Å². The van der Waals surface area contributed by atoms with E-state index in [0.29, 0.717) is 0 Å². The minimum absolute atomic E-state index is 0.0175. The lowest BCUT2D eigenvalue weighted by Crippen LogP contribution is -2.63. The number of hydrogen-bond donors (Lipinski definition) is 1. The zero-order chi connectivity index (χ0) is 23.4. The maximum atomic E-state index is 13.0. The predicted octanol–water partition coefficient (Wildman–Crippen LogP) is 2.45. The van der Waals surface area contributed by atoms with Gasteiger partial charge >= 0.3 is 29.9 Å². The van der Waals surface area contributed by atoms with Gasteiger partial charge in [0.1, 0.15) is 17.3 Å². The lowest BCUT2D eigenvalue weighted by molar-refractivity contribution is -0.361. The molecule has 0 amide bonds. The number of halogens is 6. The van der Waals surface area contributed by atoms with Crippen LogP contribution in [0.4, 0.5) is 26.3 Å². The molecule has 0 radical (unpaired) electrons. The van der Waals surface area contributed by atoms with Crippen molar-refractivity contribution in [3.05, 3.63) is 36.9 Å². The Balaban J connectivity index is 2.98. The number of carbonyl (C=O) groups is 2. The summed E-state index contributed by atoms with van der Waals surface area (Å²) in [5.41, 5.74) is -5.52. The van der Waals surface area contributed by atoms with Crippen LogP contribution in [0.3, 0.4) is 0 Å². The molecule has 1 N–H and O–H groups in total. The van der Waals surface area contributed by atoms with E-state index in [2.05, 4.69) is 16.1 Å². The maximum Gasteiger partial charge on any atom is 0.438 e. The minimum atomic E-state index is -6.44. The largest absolute Gasteiger partial charge is 0.482 e. The highest BCUT2D eigenvalue weighted by molar-refractivity contribution is 7.85. The molecule has 1 rings (SSSR count). The molecule has 0 spiro atoms. The van der Waals surface area contributed by atoms with E-state index < -0.39 is 52.4 Å². The molecule has 0 aliphatic rings. The van der Waals surface area contributed by atoms with Crippen LogP contribution in [0.1, 0.15) is 0 Å². The third-order valence-corrected chi connectivity index (χ3v) is 3.93. The van der Waals surface area contributed by atoms with Crippen LogP contribution in [0.25, 0.3) is 0 Å². The first-order valence-corrected chi connectivity index (χ1v) is 8.99. The molecule has 0 atom stereocenters. The highest BCUT2D eigenvalue weighted by atomic mass is 32.2. The van der Waals surface area contributed by atoms with Gasteiger partial charge in [-0.1, -0.05) is 6.58 Å². The number of esters is 2. The Hall–Kier alpha value is -2.81. The number of ether oxygens (including phenoxy) is 3. The first-order valence-electron chi connectivity index (χ1n) is 7.38. The van der Waals surface area contributed by atoms with Crippen LogP contribution in [0.2, 0.25) is 0 Å². The van der Waals surface area contributed by atoms with Gasteiger partial charge in [-0.3, -0.25) is 4.55 Å². The lowest BCUT2D eigenvalue weighted by Gasteiger charge is -2.35. The van der Waals surface area contributed by atoms with Crippen molar-refractivity contribution in [2.24, 2.45) is 0 Å². The molecule has 8 nitrogen and oxygen atoms in total. The molecule has 168 valence electrons. The quantitative estimate of drug-likeness (QED) is 0.204. The molecule has 1 aromatic rings. The van der Waals surface area contributed by atoms with E-state index in [1.54, 1.807) is 0 Å². The standard InChI is InChI=1S/C15H12F6O8S/c1-2-11(22)28-10-5-3-9(4-6-10)27-7-12(23)29-13(14(16,17)18,15(19,20)21)8-30(24,25)26/h2-6H,1,7-8H2,(H,24,25,26). The van der Waals surface area contributed by atoms with Crippen molar-refractivity contribution in [1.29, 1.82) is 0 Å². The summed E-state index contributed by atoms with van der Waals surface area (Å²) < 4.78 is 121. The molecule has 0 saturated carbocycles. The van der Waals surface area contributed by atoms with E-state index in [4.69, 9.17) is 9.29 Å². The summed E-state index contributed by atoms with van der Waals surface area (Å²) in [5, 5.41) is 0. The van der Waals surface area contributed by atoms with Gasteiger partial charge in [-0.05, 0) is 24.3 Å². The Morgan fingerprint density at radius 3 is 1.87 bits per heavy atom. The Labute approximate surface area is 164 Å². The van der Waals surface area contributed by atoms with Gasteiger partial charge in [-0.15, -0.1) is 0 Å². The van der Waals surface area contributed by atoms with Crippen molar-refractivity contribution in [2.45, 2.75) is 18.0 Å². The average molecular weight is 466 g/mol. The molecular formula is C15H12F6O8S. The molecule has 15 heteroatoms. The van der Waals surface area contributed by atoms with Gasteiger partial charge in [0.2, 0.25) is 0 Å². The van der Waals surface area contributed by atoms with Gasteiger partial charge in [0, 0.05) is 6.08 Å². The smallest absolute Gasteiger partial charge is 0.438 e. The summed E-state index contributed by atoms with van der Waals surface area (Å²) in [4.78, 5) is 22.6. The normalized spacial score (nSPS) is 12.8. The van der Waals surface area contributed by atoms with Crippen LogP contribution in [-0.4, -0.2) is 55.2 Å². The second kappa shape index (κ2) is 8.91. The summed E-state index contributed by atoms with van der Waals surface area (Å²) in [6.07, 6.45) is -12.0. The SMILES string of the molecule is C=CC(=O)Oc1ccc(OCC(=O)OC(CS(=O)(=O)O)(C(F)(F)F)C(F)(F)F)cc1. The first kappa shape index (κ1) is 25.2. The third-order valence-electron chi connectivity index (χ3n) is 3.16. The molecule has 0 aliphatic carbocycles. The summed E-state index contributed by atoms with van der Waals surface area (Å²) >= 11 is 0. The van der Waals surface area contributed by atoms with Crippen LogP contribution in [-0.2, 0) is 24.4 Å². The van der Waals surface area contributed by atoms with Crippen LogP contribution in [0, 0.1) is 0 Å². The number of alkyl halides is 6. The fourth-order valence-corrected chi connectivity index (χ4v) is 2.75. The van der Waals surface area contributed by atoms with E-state index in [0.717, 1.165) is 30.3 Å². The van der Waals surface area contributed by atoms with Gasteiger partial charge in [0.15, 0.2) is 6.61 Å². The zero-order valence-corrected chi connectivity index (χ0v) is 15.3. The third kappa shape index (κ3) is 6.62. The van der Waals surface area contributed by atoms with Crippen molar-refractivity contribution in [3.8, 4) is 11.5 Å². The Kier molecular flexibility index (Phi) is 7.49. The van der Waals surface area contributed by atoms with Gasteiger partial charge in [-0.2, -0.15) is 34.8 Å². The molecular weight excluding hydrogens is 454 g/mol. The van der Waals surface area contributed by atoms with Gasteiger partial charge < -0.3 is 14.2 Å². The molecule has 30 heavy (non-hydrogen) atoms. The van der Waals surface area contributed by atoms with E-state index in [1.165, 1.54) is 0 Å².